The summed E-state index contributed by atoms with van der Waals surface area (Å²) in [7, 11) is 0. The summed E-state index contributed by atoms with van der Waals surface area (Å²) in [6.07, 6.45) is 1.76. The van der Waals surface area contributed by atoms with E-state index < -0.39 is 0 Å². The van der Waals surface area contributed by atoms with Crippen LogP contribution < -0.4 is 4.90 Å². The van der Waals surface area contributed by atoms with Gasteiger partial charge in [0.2, 0.25) is 5.91 Å². The van der Waals surface area contributed by atoms with Gasteiger partial charge < -0.3 is 4.90 Å². The minimum absolute atomic E-state index is 0.0757. The van der Waals surface area contributed by atoms with Gasteiger partial charge >= 0.3 is 0 Å². The fourth-order valence-corrected chi connectivity index (χ4v) is 2.81. The van der Waals surface area contributed by atoms with E-state index in [1.165, 1.54) is 5.56 Å². The summed E-state index contributed by atoms with van der Waals surface area (Å²) >= 11 is 0. The molecule has 0 aromatic heterocycles. The smallest absolute Gasteiger partial charge is 0.234 e. The highest BCUT2D eigenvalue weighted by Crippen LogP contribution is 2.26. The van der Waals surface area contributed by atoms with Crippen LogP contribution >= 0.6 is 0 Å². The van der Waals surface area contributed by atoms with E-state index in [1.807, 2.05) is 47.4 Å². The SMILES string of the molecule is CCCN(C(=O)C(CC)c1ccccc1)c1cccc(C)c1. The van der Waals surface area contributed by atoms with E-state index in [4.69, 9.17) is 0 Å². The zero-order valence-electron chi connectivity index (χ0n) is 13.8. The summed E-state index contributed by atoms with van der Waals surface area (Å²) < 4.78 is 0. The first-order chi connectivity index (χ1) is 10.7. The lowest BCUT2D eigenvalue weighted by atomic mass is 9.94. The van der Waals surface area contributed by atoms with Gasteiger partial charge in [-0.3, -0.25) is 4.79 Å². The Hall–Kier alpha value is -2.09. The van der Waals surface area contributed by atoms with Crippen LogP contribution in [0.15, 0.2) is 54.6 Å². The zero-order valence-corrected chi connectivity index (χ0v) is 13.8. The number of carbonyl (C=O) groups is 1. The van der Waals surface area contributed by atoms with Gasteiger partial charge in [-0.25, -0.2) is 0 Å². The van der Waals surface area contributed by atoms with Gasteiger partial charge in [0, 0.05) is 12.2 Å². The standard InChI is InChI=1S/C20H25NO/c1-4-14-21(18-13-9-10-16(3)15-18)20(22)19(5-2)17-11-7-6-8-12-17/h6-13,15,19H,4-5,14H2,1-3H3. The molecule has 2 nitrogen and oxygen atoms in total. The van der Waals surface area contributed by atoms with Crippen molar-refractivity contribution < 1.29 is 4.79 Å². The van der Waals surface area contributed by atoms with Crippen molar-refractivity contribution in [2.45, 2.75) is 39.5 Å². The Bertz CT molecular complexity index is 606. The largest absolute Gasteiger partial charge is 0.312 e. The van der Waals surface area contributed by atoms with Crippen LogP contribution in [0.5, 0.6) is 0 Å². The number of benzene rings is 2. The average Bonchev–Trinajstić information content (AvgIpc) is 2.54. The Morgan fingerprint density at radius 3 is 2.36 bits per heavy atom. The van der Waals surface area contributed by atoms with E-state index in [1.54, 1.807) is 0 Å². The molecule has 116 valence electrons. The number of anilines is 1. The second-order valence-electron chi connectivity index (χ2n) is 5.70. The fraction of sp³-hybridized carbons (Fsp3) is 0.350. The maximum absolute atomic E-state index is 13.1. The summed E-state index contributed by atoms with van der Waals surface area (Å²) in [6.45, 7) is 7.01. The number of hydrogen-bond acceptors (Lipinski definition) is 1. The van der Waals surface area contributed by atoms with Crippen LogP contribution in [0.3, 0.4) is 0 Å². The molecule has 1 amide bonds. The van der Waals surface area contributed by atoms with Crippen molar-refractivity contribution in [1.82, 2.24) is 0 Å². The van der Waals surface area contributed by atoms with Crippen molar-refractivity contribution in [3.63, 3.8) is 0 Å². The topological polar surface area (TPSA) is 20.3 Å². The summed E-state index contributed by atoms with van der Waals surface area (Å²) in [5.74, 6) is 0.120. The van der Waals surface area contributed by atoms with Crippen LogP contribution in [-0.2, 0) is 4.79 Å². The highest BCUT2D eigenvalue weighted by Gasteiger charge is 2.25. The Balaban J connectivity index is 2.32. The van der Waals surface area contributed by atoms with Gasteiger partial charge in [0.05, 0.1) is 5.92 Å². The van der Waals surface area contributed by atoms with Crippen LogP contribution in [0.2, 0.25) is 0 Å². The highest BCUT2D eigenvalue weighted by molar-refractivity contribution is 5.98. The van der Waals surface area contributed by atoms with Gasteiger partial charge in [-0.15, -0.1) is 0 Å². The second kappa shape index (κ2) is 7.79. The molecule has 0 aliphatic heterocycles. The maximum Gasteiger partial charge on any atom is 0.234 e. The summed E-state index contributed by atoms with van der Waals surface area (Å²) in [6, 6.07) is 18.3. The zero-order chi connectivity index (χ0) is 15.9. The molecule has 0 aliphatic rings. The molecule has 2 aromatic carbocycles. The van der Waals surface area contributed by atoms with Gasteiger partial charge in [-0.1, -0.05) is 56.3 Å². The number of hydrogen-bond donors (Lipinski definition) is 0. The average molecular weight is 295 g/mol. The van der Waals surface area contributed by atoms with Gasteiger partial charge in [0.25, 0.3) is 0 Å². The molecule has 22 heavy (non-hydrogen) atoms. The predicted octanol–water partition coefficient (Wildman–Crippen LogP) is 4.93. The van der Waals surface area contributed by atoms with Crippen LogP contribution in [0, 0.1) is 6.92 Å². The van der Waals surface area contributed by atoms with Gasteiger partial charge in [-0.2, -0.15) is 0 Å². The first-order valence-electron chi connectivity index (χ1n) is 8.10. The lowest BCUT2D eigenvalue weighted by Gasteiger charge is -2.27. The Labute approximate surface area is 133 Å². The van der Waals surface area contributed by atoms with E-state index in [0.717, 1.165) is 30.6 Å². The lowest BCUT2D eigenvalue weighted by molar-refractivity contribution is -0.120. The third-order valence-corrected chi connectivity index (χ3v) is 3.93. The molecule has 0 N–H and O–H groups in total. The molecule has 0 bridgehead atoms. The van der Waals surface area contributed by atoms with Crippen molar-refractivity contribution in [3.8, 4) is 0 Å². The number of aryl methyl sites for hydroxylation is 1. The third-order valence-electron chi connectivity index (χ3n) is 3.93. The van der Waals surface area contributed by atoms with Crippen LogP contribution in [0.4, 0.5) is 5.69 Å². The minimum atomic E-state index is -0.0757. The van der Waals surface area contributed by atoms with Gasteiger partial charge in [0.1, 0.15) is 0 Å². The van der Waals surface area contributed by atoms with Gasteiger partial charge in [-0.05, 0) is 43.0 Å². The van der Waals surface area contributed by atoms with Crippen molar-refractivity contribution in [2.24, 2.45) is 0 Å². The molecular weight excluding hydrogens is 270 g/mol. The summed E-state index contributed by atoms with van der Waals surface area (Å²) in [5.41, 5.74) is 3.28. The minimum Gasteiger partial charge on any atom is -0.312 e. The van der Waals surface area contributed by atoms with Crippen LogP contribution in [-0.4, -0.2) is 12.5 Å². The molecule has 2 rings (SSSR count). The van der Waals surface area contributed by atoms with Crippen LogP contribution in [0.25, 0.3) is 0 Å². The monoisotopic (exact) mass is 295 g/mol. The van der Waals surface area contributed by atoms with E-state index in [0.29, 0.717) is 0 Å². The van der Waals surface area contributed by atoms with Crippen molar-refractivity contribution >= 4 is 11.6 Å². The Kier molecular flexibility index (Phi) is 5.76. The van der Waals surface area contributed by atoms with E-state index in [-0.39, 0.29) is 11.8 Å². The first kappa shape index (κ1) is 16.3. The molecular formula is C20H25NO. The quantitative estimate of drug-likeness (QED) is 0.739. The molecule has 2 aromatic rings. The summed E-state index contributed by atoms with van der Waals surface area (Å²) in [4.78, 5) is 15.0. The fourth-order valence-electron chi connectivity index (χ4n) is 2.81. The van der Waals surface area contributed by atoms with E-state index in [9.17, 15) is 4.79 Å². The molecule has 0 heterocycles. The molecule has 0 saturated heterocycles. The number of rotatable bonds is 6. The van der Waals surface area contributed by atoms with Crippen molar-refractivity contribution in [1.29, 1.82) is 0 Å². The third kappa shape index (κ3) is 3.76. The van der Waals surface area contributed by atoms with E-state index >= 15 is 0 Å². The normalized spacial score (nSPS) is 12.0. The highest BCUT2D eigenvalue weighted by atomic mass is 16.2. The van der Waals surface area contributed by atoms with E-state index in [2.05, 4.69) is 32.9 Å². The van der Waals surface area contributed by atoms with Crippen molar-refractivity contribution in [2.75, 3.05) is 11.4 Å². The molecule has 1 unspecified atom stereocenters. The second-order valence-corrected chi connectivity index (χ2v) is 5.70. The molecule has 2 heteroatoms. The maximum atomic E-state index is 13.1. The molecule has 0 saturated carbocycles. The molecule has 0 aliphatic carbocycles. The van der Waals surface area contributed by atoms with Crippen LogP contribution in [0.1, 0.15) is 43.7 Å². The molecule has 0 fully saturated rings. The molecule has 1 atom stereocenters. The predicted molar refractivity (Wildman–Crippen MR) is 93.3 cm³/mol. The number of nitrogens with zero attached hydrogens (tertiary/aromatic N) is 1. The lowest BCUT2D eigenvalue weighted by Crippen LogP contribution is -2.35. The summed E-state index contributed by atoms with van der Waals surface area (Å²) in [5, 5.41) is 0. The number of carbonyl (C=O) groups excluding carboxylic acids is 1. The Morgan fingerprint density at radius 2 is 1.77 bits per heavy atom. The first-order valence-corrected chi connectivity index (χ1v) is 8.10. The Morgan fingerprint density at radius 1 is 1.05 bits per heavy atom. The molecule has 0 spiro atoms. The van der Waals surface area contributed by atoms with Crippen molar-refractivity contribution in [3.05, 3.63) is 65.7 Å². The van der Waals surface area contributed by atoms with Gasteiger partial charge in [0.15, 0.2) is 0 Å². The molecule has 0 radical (unpaired) electrons. The number of amides is 1.